The average molecular weight is 364 g/mol. The number of carbonyl (C=O) groups is 1. The molecule has 0 bridgehead atoms. The van der Waals surface area contributed by atoms with E-state index in [0.717, 1.165) is 35.1 Å². The maximum absolute atomic E-state index is 12.9. The minimum Gasteiger partial charge on any atom is -0.334 e. The molecule has 2 aromatic heterocycles. The van der Waals surface area contributed by atoms with Crippen LogP contribution >= 0.6 is 0 Å². The van der Waals surface area contributed by atoms with Gasteiger partial charge in [-0.1, -0.05) is 12.1 Å². The summed E-state index contributed by atoms with van der Waals surface area (Å²) in [6.45, 7) is 1.79. The first-order valence-electron chi connectivity index (χ1n) is 9.18. The Morgan fingerprint density at radius 2 is 1.89 bits per heavy atom. The highest BCUT2D eigenvalue weighted by Gasteiger charge is 2.24. The number of hydrogen-bond acceptors (Lipinski definition) is 3. The van der Waals surface area contributed by atoms with Gasteiger partial charge in [0.05, 0.1) is 0 Å². The van der Waals surface area contributed by atoms with E-state index in [2.05, 4.69) is 22.4 Å². The van der Waals surface area contributed by atoms with Crippen LogP contribution in [0.25, 0.3) is 11.0 Å². The molecule has 1 aromatic carbocycles. The minimum atomic E-state index is -0.273. The van der Waals surface area contributed by atoms with Crippen molar-refractivity contribution in [1.29, 1.82) is 0 Å². The lowest BCUT2D eigenvalue weighted by Crippen LogP contribution is -2.43. The number of carbonyl (C=O) groups excluding carboxylic acids is 1. The molecule has 0 spiro atoms. The van der Waals surface area contributed by atoms with Crippen LogP contribution in [0.15, 0.2) is 54.7 Å². The summed E-state index contributed by atoms with van der Waals surface area (Å²) in [5.74, 6) is 0.0715. The summed E-state index contributed by atoms with van der Waals surface area (Å²) < 4.78 is 12.9. The largest absolute Gasteiger partial charge is 0.334 e. The molecule has 3 heterocycles. The Kier molecular flexibility index (Phi) is 4.96. The van der Waals surface area contributed by atoms with E-state index in [-0.39, 0.29) is 11.8 Å². The van der Waals surface area contributed by atoms with Crippen molar-refractivity contribution in [2.45, 2.75) is 25.3 Å². The number of piperidine rings is 1. The van der Waals surface area contributed by atoms with E-state index >= 15 is 0 Å². The number of aromatic nitrogens is 2. The topological polar surface area (TPSA) is 58.1 Å². The normalized spacial score (nSPS) is 15.1. The van der Waals surface area contributed by atoms with Crippen molar-refractivity contribution in [3.63, 3.8) is 0 Å². The number of rotatable bonds is 3. The van der Waals surface area contributed by atoms with E-state index in [4.69, 9.17) is 4.98 Å². The van der Waals surface area contributed by atoms with Crippen molar-refractivity contribution < 1.29 is 9.18 Å². The Bertz CT molecular complexity index is 936. The van der Waals surface area contributed by atoms with Crippen molar-refractivity contribution in [3.05, 3.63) is 71.8 Å². The lowest BCUT2D eigenvalue weighted by atomic mass is 9.93. The second-order valence-electron chi connectivity index (χ2n) is 6.83. The molecular weight excluding hydrogens is 343 g/mol. The Labute approximate surface area is 157 Å². The molecule has 0 radical (unpaired) electrons. The third-order valence-corrected chi connectivity index (χ3v) is 5.04. The summed E-state index contributed by atoms with van der Waals surface area (Å²) in [5, 5.41) is 3.95. The molecule has 0 atom stereocenters. The monoisotopic (exact) mass is 364 g/mol. The zero-order valence-electron chi connectivity index (χ0n) is 14.9. The molecule has 2 amide bonds. The van der Waals surface area contributed by atoms with Crippen LogP contribution in [0.1, 0.15) is 30.0 Å². The van der Waals surface area contributed by atoms with Crippen molar-refractivity contribution >= 4 is 17.1 Å². The Hall–Kier alpha value is -3.02. The third-order valence-electron chi connectivity index (χ3n) is 5.04. The van der Waals surface area contributed by atoms with E-state index in [0.29, 0.717) is 25.6 Å². The van der Waals surface area contributed by atoms with Gasteiger partial charge in [-0.2, -0.15) is 0 Å². The number of pyridine rings is 2. The second kappa shape index (κ2) is 7.70. The molecule has 138 valence electrons. The fraction of sp³-hybridized carbons (Fsp3) is 0.286. The number of benzene rings is 1. The van der Waals surface area contributed by atoms with Gasteiger partial charge in [0.1, 0.15) is 5.82 Å². The fourth-order valence-electron chi connectivity index (χ4n) is 3.47. The summed E-state index contributed by atoms with van der Waals surface area (Å²) in [7, 11) is 0. The number of fused-ring (bicyclic) bond motifs is 1. The average Bonchev–Trinajstić information content (AvgIpc) is 2.73. The van der Waals surface area contributed by atoms with Crippen LogP contribution in [0.5, 0.6) is 0 Å². The first-order valence-corrected chi connectivity index (χ1v) is 9.18. The fourth-order valence-corrected chi connectivity index (χ4v) is 3.47. The maximum atomic E-state index is 12.9. The van der Waals surface area contributed by atoms with Gasteiger partial charge >= 0.3 is 6.03 Å². The van der Waals surface area contributed by atoms with Crippen LogP contribution in [0.2, 0.25) is 0 Å². The van der Waals surface area contributed by atoms with Crippen LogP contribution in [0.4, 0.5) is 9.18 Å². The molecule has 27 heavy (non-hydrogen) atoms. The lowest BCUT2D eigenvalue weighted by Gasteiger charge is -2.31. The van der Waals surface area contributed by atoms with Crippen molar-refractivity contribution in [1.82, 2.24) is 20.2 Å². The van der Waals surface area contributed by atoms with Gasteiger partial charge in [0.2, 0.25) is 0 Å². The number of hydrogen-bond donors (Lipinski definition) is 1. The standard InChI is InChI=1S/C21H21FN4O/c22-18-6-3-15(4-7-18)14-24-21(27)26-12-9-16(10-13-26)19-8-5-17-2-1-11-23-20(17)25-19/h1-8,11,16H,9-10,12-14H2,(H,24,27). The summed E-state index contributed by atoms with van der Waals surface area (Å²) in [5.41, 5.74) is 2.70. The SMILES string of the molecule is O=C(NCc1ccc(F)cc1)N1CCC(c2ccc3cccnc3n2)CC1. The molecule has 1 aliphatic rings. The molecule has 1 fully saturated rings. The van der Waals surface area contributed by atoms with E-state index in [1.807, 2.05) is 17.0 Å². The Balaban J connectivity index is 1.32. The highest BCUT2D eigenvalue weighted by Crippen LogP contribution is 2.27. The molecule has 1 aliphatic heterocycles. The molecule has 5 nitrogen and oxygen atoms in total. The highest BCUT2D eigenvalue weighted by atomic mass is 19.1. The summed E-state index contributed by atoms with van der Waals surface area (Å²) >= 11 is 0. The number of halogens is 1. The number of urea groups is 1. The molecule has 4 rings (SSSR count). The summed E-state index contributed by atoms with van der Waals surface area (Å²) in [6.07, 6.45) is 3.53. The first-order chi connectivity index (χ1) is 13.2. The first kappa shape index (κ1) is 17.4. The van der Waals surface area contributed by atoms with Crippen molar-refractivity contribution in [2.24, 2.45) is 0 Å². The van der Waals surface area contributed by atoms with E-state index < -0.39 is 0 Å². The summed E-state index contributed by atoms with van der Waals surface area (Å²) in [4.78, 5) is 23.2. The van der Waals surface area contributed by atoms with Crippen LogP contribution in [0.3, 0.4) is 0 Å². The third kappa shape index (κ3) is 4.05. The maximum Gasteiger partial charge on any atom is 0.317 e. The quantitative estimate of drug-likeness (QED) is 0.768. The number of nitrogens with zero attached hydrogens (tertiary/aromatic N) is 3. The molecule has 0 aliphatic carbocycles. The van der Waals surface area contributed by atoms with Gasteiger partial charge in [0.15, 0.2) is 5.65 Å². The number of amides is 2. The van der Waals surface area contributed by atoms with Crippen LogP contribution in [0, 0.1) is 5.82 Å². The van der Waals surface area contributed by atoms with E-state index in [9.17, 15) is 9.18 Å². The van der Waals surface area contributed by atoms with Crippen LogP contribution < -0.4 is 5.32 Å². The molecular formula is C21H21FN4O. The summed E-state index contributed by atoms with van der Waals surface area (Å²) in [6, 6.07) is 14.1. The smallest absolute Gasteiger partial charge is 0.317 e. The van der Waals surface area contributed by atoms with Gasteiger partial charge < -0.3 is 10.2 Å². The Morgan fingerprint density at radius 3 is 2.67 bits per heavy atom. The predicted molar refractivity (Wildman–Crippen MR) is 102 cm³/mol. The van der Waals surface area contributed by atoms with Gasteiger partial charge in [0.25, 0.3) is 0 Å². The van der Waals surface area contributed by atoms with Gasteiger partial charge in [0, 0.05) is 42.8 Å². The molecule has 1 saturated heterocycles. The molecule has 6 heteroatoms. The molecule has 0 unspecified atom stereocenters. The Morgan fingerprint density at radius 1 is 1.11 bits per heavy atom. The van der Waals surface area contributed by atoms with Crippen LogP contribution in [-0.4, -0.2) is 34.0 Å². The zero-order valence-corrected chi connectivity index (χ0v) is 14.9. The second-order valence-corrected chi connectivity index (χ2v) is 6.83. The number of nitrogens with one attached hydrogen (secondary N) is 1. The molecule has 0 saturated carbocycles. The van der Waals surface area contributed by atoms with Crippen molar-refractivity contribution in [3.8, 4) is 0 Å². The minimum absolute atomic E-state index is 0.0779. The van der Waals surface area contributed by atoms with E-state index in [1.54, 1.807) is 18.3 Å². The van der Waals surface area contributed by atoms with Gasteiger partial charge in [-0.3, -0.25) is 0 Å². The number of likely N-dealkylation sites (tertiary alicyclic amines) is 1. The lowest BCUT2D eigenvalue weighted by molar-refractivity contribution is 0.180. The van der Waals surface area contributed by atoms with Crippen LogP contribution in [-0.2, 0) is 6.54 Å². The van der Waals surface area contributed by atoms with Crippen molar-refractivity contribution in [2.75, 3.05) is 13.1 Å². The van der Waals surface area contributed by atoms with E-state index in [1.165, 1.54) is 12.1 Å². The highest BCUT2D eigenvalue weighted by molar-refractivity contribution is 5.75. The predicted octanol–water partition coefficient (Wildman–Crippen LogP) is 3.86. The molecule has 3 aromatic rings. The van der Waals surface area contributed by atoms with Gasteiger partial charge in [-0.25, -0.2) is 19.2 Å². The van der Waals surface area contributed by atoms with Gasteiger partial charge in [-0.05, 0) is 54.8 Å². The van der Waals surface area contributed by atoms with Gasteiger partial charge in [-0.15, -0.1) is 0 Å². The molecule has 1 N–H and O–H groups in total. The zero-order chi connectivity index (χ0) is 18.6.